The highest BCUT2D eigenvalue weighted by molar-refractivity contribution is 6.42. The van der Waals surface area contributed by atoms with Gasteiger partial charge < -0.3 is 15.0 Å². The second kappa shape index (κ2) is 8.77. The minimum atomic E-state index is 0.156. The smallest absolute Gasteiger partial charge is 0.0639 e. The summed E-state index contributed by atoms with van der Waals surface area (Å²) in [7, 11) is 4.07. The zero-order valence-corrected chi connectivity index (χ0v) is 13.3. The standard InChI is InChI=1S/C14H22Cl2N2O/c1-11(12-5-4-6-13(15)14(12)16)17-7-9-19-10-8-18(2)3/h4-6,11,17H,7-10H2,1-3H3. The van der Waals surface area contributed by atoms with Crippen LogP contribution in [-0.2, 0) is 4.74 Å². The zero-order valence-electron chi connectivity index (χ0n) is 11.7. The molecule has 1 rings (SSSR count). The van der Waals surface area contributed by atoms with E-state index in [-0.39, 0.29) is 6.04 Å². The van der Waals surface area contributed by atoms with Gasteiger partial charge in [0.1, 0.15) is 0 Å². The normalized spacial score (nSPS) is 12.9. The van der Waals surface area contributed by atoms with E-state index in [1.54, 1.807) is 6.07 Å². The van der Waals surface area contributed by atoms with E-state index in [1.807, 2.05) is 26.2 Å². The Kier molecular flexibility index (Phi) is 7.73. The number of halogens is 2. The monoisotopic (exact) mass is 304 g/mol. The predicted molar refractivity (Wildman–Crippen MR) is 82.3 cm³/mol. The van der Waals surface area contributed by atoms with Crippen LogP contribution in [0.2, 0.25) is 10.0 Å². The van der Waals surface area contributed by atoms with Gasteiger partial charge in [-0.2, -0.15) is 0 Å². The fourth-order valence-electron chi connectivity index (χ4n) is 1.66. The molecule has 0 saturated heterocycles. The third-order valence-corrected chi connectivity index (χ3v) is 3.66. The van der Waals surface area contributed by atoms with E-state index >= 15 is 0 Å². The molecule has 3 nitrogen and oxygen atoms in total. The number of benzene rings is 1. The molecule has 1 aromatic rings. The molecule has 19 heavy (non-hydrogen) atoms. The number of hydrogen-bond donors (Lipinski definition) is 1. The van der Waals surface area contributed by atoms with Crippen molar-refractivity contribution < 1.29 is 4.74 Å². The number of nitrogens with one attached hydrogen (secondary N) is 1. The molecule has 0 amide bonds. The molecule has 1 atom stereocenters. The Morgan fingerprint density at radius 2 is 2.00 bits per heavy atom. The first-order valence-electron chi connectivity index (χ1n) is 6.42. The van der Waals surface area contributed by atoms with Crippen molar-refractivity contribution in [3.05, 3.63) is 33.8 Å². The molecular weight excluding hydrogens is 283 g/mol. The lowest BCUT2D eigenvalue weighted by atomic mass is 10.1. The van der Waals surface area contributed by atoms with Gasteiger partial charge in [0.05, 0.1) is 23.3 Å². The summed E-state index contributed by atoms with van der Waals surface area (Å²) < 4.78 is 5.52. The molecule has 108 valence electrons. The summed E-state index contributed by atoms with van der Waals surface area (Å²) in [6.07, 6.45) is 0. The van der Waals surface area contributed by atoms with Gasteiger partial charge in [-0.1, -0.05) is 35.3 Å². The van der Waals surface area contributed by atoms with Crippen LogP contribution >= 0.6 is 23.2 Å². The minimum Gasteiger partial charge on any atom is -0.379 e. The van der Waals surface area contributed by atoms with E-state index in [4.69, 9.17) is 27.9 Å². The highest BCUT2D eigenvalue weighted by Gasteiger charge is 2.10. The Morgan fingerprint density at radius 3 is 2.68 bits per heavy atom. The lowest BCUT2D eigenvalue weighted by molar-refractivity contribution is 0.118. The highest BCUT2D eigenvalue weighted by atomic mass is 35.5. The molecule has 0 bridgehead atoms. The van der Waals surface area contributed by atoms with Gasteiger partial charge in [0, 0.05) is 19.1 Å². The van der Waals surface area contributed by atoms with Crippen molar-refractivity contribution in [3.8, 4) is 0 Å². The lowest BCUT2D eigenvalue weighted by Crippen LogP contribution is -2.25. The topological polar surface area (TPSA) is 24.5 Å². The molecule has 0 aromatic heterocycles. The quantitative estimate of drug-likeness (QED) is 0.746. The molecule has 0 fully saturated rings. The fraction of sp³-hybridized carbons (Fsp3) is 0.571. The van der Waals surface area contributed by atoms with E-state index in [0.717, 1.165) is 25.3 Å². The summed E-state index contributed by atoms with van der Waals surface area (Å²) in [5.74, 6) is 0. The van der Waals surface area contributed by atoms with Crippen LogP contribution in [0.1, 0.15) is 18.5 Å². The maximum atomic E-state index is 6.18. The van der Waals surface area contributed by atoms with Crippen molar-refractivity contribution in [1.29, 1.82) is 0 Å². The number of rotatable bonds is 8. The van der Waals surface area contributed by atoms with Crippen LogP contribution < -0.4 is 5.32 Å². The Morgan fingerprint density at radius 1 is 1.26 bits per heavy atom. The molecular formula is C14H22Cl2N2O. The highest BCUT2D eigenvalue weighted by Crippen LogP contribution is 2.29. The Labute approximate surface area is 125 Å². The maximum absolute atomic E-state index is 6.18. The van der Waals surface area contributed by atoms with E-state index in [0.29, 0.717) is 16.7 Å². The van der Waals surface area contributed by atoms with E-state index in [2.05, 4.69) is 17.1 Å². The molecule has 0 spiro atoms. The molecule has 0 heterocycles. The van der Waals surface area contributed by atoms with Crippen LogP contribution in [0.25, 0.3) is 0 Å². The van der Waals surface area contributed by atoms with Crippen molar-refractivity contribution in [3.63, 3.8) is 0 Å². The van der Waals surface area contributed by atoms with Crippen LogP contribution in [0, 0.1) is 0 Å². The first kappa shape index (κ1) is 16.7. The second-order valence-corrected chi connectivity index (χ2v) is 5.52. The Bertz CT molecular complexity index is 386. The van der Waals surface area contributed by atoms with Gasteiger partial charge in [-0.3, -0.25) is 0 Å². The van der Waals surface area contributed by atoms with Gasteiger partial charge in [0.25, 0.3) is 0 Å². The number of hydrogen-bond acceptors (Lipinski definition) is 3. The summed E-state index contributed by atoms with van der Waals surface area (Å²) >= 11 is 12.2. The summed E-state index contributed by atoms with van der Waals surface area (Å²) in [6, 6.07) is 5.85. The van der Waals surface area contributed by atoms with Gasteiger partial charge in [0.2, 0.25) is 0 Å². The molecule has 0 aliphatic carbocycles. The second-order valence-electron chi connectivity index (χ2n) is 4.73. The first-order chi connectivity index (χ1) is 9.02. The zero-order chi connectivity index (χ0) is 14.3. The lowest BCUT2D eigenvalue weighted by Gasteiger charge is -2.16. The minimum absolute atomic E-state index is 0.156. The molecule has 5 heteroatoms. The maximum Gasteiger partial charge on any atom is 0.0639 e. The number of likely N-dealkylation sites (N-methyl/N-ethyl adjacent to an activating group) is 1. The summed E-state index contributed by atoms with van der Waals surface area (Å²) in [6.45, 7) is 5.24. The average molecular weight is 305 g/mol. The van der Waals surface area contributed by atoms with Gasteiger partial charge in [0.15, 0.2) is 0 Å². The van der Waals surface area contributed by atoms with E-state index in [9.17, 15) is 0 Å². The Balaban J connectivity index is 2.28. The van der Waals surface area contributed by atoms with Crippen LogP contribution in [-0.4, -0.2) is 45.3 Å². The molecule has 1 N–H and O–H groups in total. The van der Waals surface area contributed by atoms with E-state index in [1.165, 1.54) is 0 Å². The summed E-state index contributed by atoms with van der Waals surface area (Å²) in [5.41, 5.74) is 1.02. The van der Waals surface area contributed by atoms with Crippen molar-refractivity contribution in [2.24, 2.45) is 0 Å². The average Bonchev–Trinajstić information content (AvgIpc) is 2.36. The SMILES string of the molecule is CC(NCCOCCN(C)C)c1cccc(Cl)c1Cl. The van der Waals surface area contributed by atoms with Crippen LogP contribution in [0.15, 0.2) is 18.2 Å². The molecule has 1 aromatic carbocycles. The first-order valence-corrected chi connectivity index (χ1v) is 7.17. The molecule has 0 aliphatic heterocycles. The predicted octanol–water partition coefficient (Wildman–Crippen LogP) is 3.22. The molecule has 0 aliphatic rings. The van der Waals surface area contributed by atoms with Gasteiger partial charge in [-0.05, 0) is 32.6 Å². The van der Waals surface area contributed by atoms with E-state index < -0.39 is 0 Å². The Hall–Kier alpha value is -0.320. The fourth-order valence-corrected chi connectivity index (χ4v) is 2.13. The van der Waals surface area contributed by atoms with Crippen LogP contribution in [0.3, 0.4) is 0 Å². The van der Waals surface area contributed by atoms with Gasteiger partial charge in [-0.25, -0.2) is 0 Å². The van der Waals surface area contributed by atoms with Crippen LogP contribution in [0.4, 0.5) is 0 Å². The summed E-state index contributed by atoms with van der Waals surface area (Å²) in [4.78, 5) is 2.10. The van der Waals surface area contributed by atoms with Crippen molar-refractivity contribution in [2.45, 2.75) is 13.0 Å². The number of ether oxygens (including phenoxy) is 1. The van der Waals surface area contributed by atoms with Gasteiger partial charge >= 0.3 is 0 Å². The van der Waals surface area contributed by atoms with Crippen molar-refractivity contribution >= 4 is 23.2 Å². The number of nitrogens with zero attached hydrogens (tertiary/aromatic N) is 1. The van der Waals surface area contributed by atoms with Crippen LogP contribution in [0.5, 0.6) is 0 Å². The third-order valence-electron chi connectivity index (χ3n) is 2.83. The molecule has 0 radical (unpaired) electrons. The third kappa shape index (κ3) is 6.11. The summed E-state index contributed by atoms with van der Waals surface area (Å²) in [5, 5.41) is 4.59. The van der Waals surface area contributed by atoms with Crippen molar-refractivity contribution in [1.82, 2.24) is 10.2 Å². The molecule has 1 unspecified atom stereocenters. The largest absolute Gasteiger partial charge is 0.379 e. The van der Waals surface area contributed by atoms with Gasteiger partial charge in [-0.15, -0.1) is 0 Å². The molecule has 0 saturated carbocycles. The van der Waals surface area contributed by atoms with Crippen molar-refractivity contribution in [2.75, 3.05) is 40.4 Å².